The van der Waals surface area contributed by atoms with Gasteiger partial charge in [-0.3, -0.25) is 9.78 Å². The fraction of sp³-hybridized carbons (Fsp3) is 0.360. The third kappa shape index (κ3) is 4.74. The molecule has 1 unspecified atom stereocenters. The van der Waals surface area contributed by atoms with Gasteiger partial charge in [0.15, 0.2) is 0 Å². The average Bonchev–Trinajstić information content (AvgIpc) is 2.89. The summed E-state index contributed by atoms with van der Waals surface area (Å²) in [6.45, 7) is 1.91. The van der Waals surface area contributed by atoms with E-state index in [2.05, 4.69) is 20.3 Å². The maximum absolute atomic E-state index is 13.2. The number of pyridine rings is 1. The van der Waals surface area contributed by atoms with Crippen LogP contribution in [0.25, 0.3) is 0 Å². The van der Waals surface area contributed by atoms with Crippen LogP contribution < -0.4 is 14.8 Å². The lowest BCUT2D eigenvalue weighted by molar-refractivity contribution is -0.138. The van der Waals surface area contributed by atoms with Gasteiger partial charge in [-0.1, -0.05) is 0 Å². The number of ether oxygens (including phenoxy) is 2. The predicted molar refractivity (Wildman–Crippen MR) is 124 cm³/mol. The first-order chi connectivity index (χ1) is 16.2. The van der Waals surface area contributed by atoms with E-state index in [-0.39, 0.29) is 11.8 Å². The number of aromatic nitrogens is 3. The molecule has 1 aromatic carbocycles. The third-order valence-corrected chi connectivity index (χ3v) is 6.36. The molecule has 4 heterocycles. The second kappa shape index (κ2) is 9.44. The fourth-order valence-electron chi connectivity index (χ4n) is 4.52. The second-order valence-corrected chi connectivity index (χ2v) is 8.45. The minimum Gasteiger partial charge on any atom is -0.497 e. The highest BCUT2D eigenvalue weighted by Crippen LogP contribution is 2.33. The minimum atomic E-state index is -0.148. The number of hydrogen-bond acceptors (Lipinski definition) is 7. The number of amides is 1. The van der Waals surface area contributed by atoms with Crippen LogP contribution in [0.5, 0.6) is 11.5 Å². The Balaban J connectivity index is 1.16. The van der Waals surface area contributed by atoms with Gasteiger partial charge < -0.3 is 19.7 Å². The number of nitrogens with one attached hydrogen (secondary N) is 1. The van der Waals surface area contributed by atoms with Gasteiger partial charge in [-0.25, -0.2) is 9.97 Å². The molecule has 1 fully saturated rings. The summed E-state index contributed by atoms with van der Waals surface area (Å²) in [6, 6.07) is 11.6. The van der Waals surface area contributed by atoms with Gasteiger partial charge in [0, 0.05) is 37.1 Å². The summed E-state index contributed by atoms with van der Waals surface area (Å²) in [7, 11) is 1.65. The number of likely N-dealkylation sites (tertiary alicyclic amines) is 1. The maximum Gasteiger partial charge on any atom is 0.229 e. The topological polar surface area (TPSA) is 89.5 Å². The van der Waals surface area contributed by atoms with Gasteiger partial charge in [-0.15, -0.1) is 0 Å². The molecule has 2 aliphatic heterocycles. The number of rotatable bonds is 5. The molecule has 33 heavy (non-hydrogen) atoms. The number of methoxy groups -OCH3 is 1. The number of piperidine rings is 1. The highest BCUT2D eigenvalue weighted by atomic mass is 16.5. The minimum absolute atomic E-state index is 0.148. The van der Waals surface area contributed by atoms with E-state index in [0.29, 0.717) is 24.9 Å². The smallest absolute Gasteiger partial charge is 0.229 e. The summed E-state index contributed by atoms with van der Waals surface area (Å²) in [4.78, 5) is 28.1. The lowest BCUT2D eigenvalue weighted by Crippen LogP contribution is -2.44. The lowest BCUT2D eigenvalue weighted by Gasteiger charge is -2.35. The number of nitrogens with zero attached hydrogens (tertiary/aromatic N) is 4. The van der Waals surface area contributed by atoms with Crippen molar-refractivity contribution in [3.63, 3.8) is 0 Å². The number of carbonyl (C=O) groups excluding carboxylic acids is 1. The first-order valence-corrected chi connectivity index (χ1v) is 11.3. The molecule has 1 amide bonds. The van der Waals surface area contributed by atoms with Crippen molar-refractivity contribution in [3.05, 3.63) is 66.2 Å². The molecular formula is C25H27N5O3. The average molecular weight is 446 g/mol. The SMILES string of the molecule is COc1ccc2c(c1)CC(C(=O)N1CCC(c3ccc(Nc4ncccn4)cn3)CC1)CO2. The molecule has 170 valence electrons. The van der Waals surface area contributed by atoms with E-state index in [0.717, 1.165) is 54.4 Å². The Labute approximate surface area is 193 Å². The van der Waals surface area contributed by atoms with Crippen molar-refractivity contribution in [1.29, 1.82) is 0 Å². The van der Waals surface area contributed by atoms with E-state index in [1.54, 1.807) is 25.6 Å². The number of fused-ring (bicyclic) bond motifs is 1. The normalized spacial score (nSPS) is 18.2. The summed E-state index contributed by atoms with van der Waals surface area (Å²) in [6.07, 6.45) is 7.71. The molecule has 3 aromatic rings. The zero-order valence-electron chi connectivity index (χ0n) is 18.6. The van der Waals surface area contributed by atoms with Gasteiger partial charge in [0.05, 0.1) is 24.9 Å². The molecule has 2 aliphatic rings. The van der Waals surface area contributed by atoms with Gasteiger partial charge >= 0.3 is 0 Å². The zero-order valence-corrected chi connectivity index (χ0v) is 18.6. The van der Waals surface area contributed by atoms with Crippen LogP contribution in [0.1, 0.15) is 30.0 Å². The summed E-state index contributed by atoms with van der Waals surface area (Å²) in [5, 5.41) is 3.15. The standard InChI is InChI=1S/C25H27N5O3/c1-32-21-4-6-23-18(14-21)13-19(16-33-23)24(31)30-11-7-17(8-12-30)22-5-3-20(15-28-22)29-25-26-9-2-10-27-25/h2-6,9-10,14-15,17,19H,7-8,11-13,16H2,1H3,(H,26,27,29). The van der Waals surface area contributed by atoms with E-state index >= 15 is 0 Å². The number of benzene rings is 1. The first kappa shape index (κ1) is 21.2. The Morgan fingerprint density at radius 3 is 2.67 bits per heavy atom. The Bertz CT molecular complexity index is 1100. The van der Waals surface area contributed by atoms with Gasteiger partial charge in [0.2, 0.25) is 11.9 Å². The molecule has 8 heteroatoms. The van der Waals surface area contributed by atoms with Crippen molar-refractivity contribution < 1.29 is 14.3 Å². The van der Waals surface area contributed by atoms with Gasteiger partial charge in [-0.2, -0.15) is 0 Å². The van der Waals surface area contributed by atoms with Crippen LogP contribution in [-0.4, -0.2) is 52.6 Å². The molecule has 0 spiro atoms. The van der Waals surface area contributed by atoms with E-state index in [1.807, 2.05) is 41.4 Å². The lowest BCUT2D eigenvalue weighted by atomic mass is 9.90. The van der Waals surface area contributed by atoms with Crippen molar-refractivity contribution in [2.75, 3.05) is 32.1 Å². The quantitative estimate of drug-likeness (QED) is 0.642. The van der Waals surface area contributed by atoms with Gasteiger partial charge in [-0.05, 0) is 61.2 Å². The zero-order chi connectivity index (χ0) is 22.6. The van der Waals surface area contributed by atoms with Crippen LogP contribution in [0.2, 0.25) is 0 Å². The van der Waals surface area contributed by atoms with E-state index in [4.69, 9.17) is 9.47 Å². The molecule has 1 N–H and O–H groups in total. The molecule has 2 aromatic heterocycles. The first-order valence-electron chi connectivity index (χ1n) is 11.3. The summed E-state index contributed by atoms with van der Waals surface area (Å²) in [5.74, 6) is 2.56. The number of carbonyl (C=O) groups is 1. The van der Waals surface area contributed by atoms with Crippen molar-refractivity contribution in [1.82, 2.24) is 19.9 Å². The van der Waals surface area contributed by atoms with E-state index in [9.17, 15) is 4.79 Å². The summed E-state index contributed by atoms with van der Waals surface area (Å²) in [5.41, 5.74) is 2.95. The van der Waals surface area contributed by atoms with Crippen molar-refractivity contribution >= 4 is 17.5 Å². The molecule has 1 saturated heterocycles. The van der Waals surface area contributed by atoms with Crippen molar-refractivity contribution in [2.24, 2.45) is 5.92 Å². The Kier molecular flexibility index (Phi) is 6.06. The van der Waals surface area contributed by atoms with Crippen LogP contribution >= 0.6 is 0 Å². The van der Waals surface area contributed by atoms with Gasteiger partial charge in [0.25, 0.3) is 0 Å². The van der Waals surface area contributed by atoms with Crippen molar-refractivity contribution in [3.8, 4) is 11.5 Å². The highest BCUT2D eigenvalue weighted by Gasteiger charge is 2.32. The monoisotopic (exact) mass is 445 g/mol. The molecule has 8 nitrogen and oxygen atoms in total. The summed E-state index contributed by atoms with van der Waals surface area (Å²) < 4.78 is 11.2. The van der Waals surface area contributed by atoms with Crippen LogP contribution in [-0.2, 0) is 11.2 Å². The second-order valence-electron chi connectivity index (χ2n) is 8.45. The largest absolute Gasteiger partial charge is 0.497 e. The van der Waals surface area contributed by atoms with Crippen molar-refractivity contribution in [2.45, 2.75) is 25.2 Å². The van der Waals surface area contributed by atoms with Crippen LogP contribution in [0, 0.1) is 5.92 Å². The highest BCUT2D eigenvalue weighted by molar-refractivity contribution is 5.80. The molecule has 0 radical (unpaired) electrons. The third-order valence-electron chi connectivity index (χ3n) is 6.36. The number of anilines is 2. The Morgan fingerprint density at radius 1 is 1.12 bits per heavy atom. The fourth-order valence-corrected chi connectivity index (χ4v) is 4.52. The van der Waals surface area contributed by atoms with Crippen LogP contribution in [0.4, 0.5) is 11.6 Å². The molecule has 5 rings (SSSR count). The molecule has 1 atom stereocenters. The maximum atomic E-state index is 13.2. The predicted octanol–water partition coefficient (Wildman–Crippen LogP) is 3.58. The molecular weight excluding hydrogens is 418 g/mol. The number of hydrogen-bond donors (Lipinski definition) is 1. The van der Waals surface area contributed by atoms with Gasteiger partial charge in [0.1, 0.15) is 18.1 Å². The van der Waals surface area contributed by atoms with E-state index in [1.165, 1.54) is 0 Å². The molecule has 0 aliphatic carbocycles. The van der Waals surface area contributed by atoms with E-state index < -0.39 is 0 Å². The Hall–Kier alpha value is -3.68. The van der Waals surface area contributed by atoms with Crippen LogP contribution in [0.3, 0.4) is 0 Å². The molecule has 0 saturated carbocycles. The van der Waals surface area contributed by atoms with Crippen LogP contribution in [0.15, 0.2) is 55.0 Å². The Morgan fingerprint density at radius 2 is 1.94 bits per heavy atom. The summed E-state index contributed by atoms with van der Waals surface area (Å²) >= 11 is 0. The molecule has 0 bridgehead atoms.